The second-order valence-electron chi connectivity index (χ2n) is 6.49. The first kappa shape index (κ1) is 15.5. The molecule has 1 aromatic rings. The van der Waals surface area contributed by atoms with Crippen LogP contribution < -0.4 is 0 Å². The minimum atomic E-state index is 0.724. The maximum Gasteiger partial charge on any atom is 0.209 e. The molecule has 1 amide bonds. The summed E-state index contributed by atoms with van der Waals surface area (Å²) in [4.78, 5) is 17.9. The fourth-order valence-electron chi connectivity index (χ4n) is 3.65. The van der Waals surface area contributed by atoms with Crippen LogP contribution >= 0.6 is 0 Å². The highest BCUT2D eigenvalue weighted by Crippen LogP contribution is 2.18. The Morgan fingerprint density at radius 3 is 2.27 bits per heavy atom. The van der Waals surface area contributed by atoms with Gasteiger partial charge in [-0.2, -0.15) is 0 Å². The van der Waals surface area contributed by atoms with Crippen molar-refractivity contribution in [2.45, 2.75) is 25.3 Å². The van der Waals surface area contributed by atoms with Crippen LogP contribution in [0.1, 0.15) is 18.4 Å². The summed E-state index contributed by atoms with van der Waals surface area (Å²) in [5.74, 6) is 0. The summed E-state index contributed by atoms with van der Waals surface area (Å²) in [7, 11) is 0. The van der Waals surface area contributed by atoms with E-state index in [1.165, 1.54) is 38.0 Å². The first-order valence-corrected chi connectivity index (χ1v) is 8.55. The van der Waals surface area contributed by atoms with Gasteiger partial charge in [-0.25, -0.2) is 0 Å². The molecule has 4 nitrogen and oxygen atoms in total. The van der Waals surface area contributed by atoms with Crippen molar-refractivity contribution in [1.82, 2.24) is 14.7 Å². The minimum absolute atomic E-state index is 0.724. The third-order valence-electron chi connectivity index (χ3n) is 5.13. The number of amides is 1. The number of hydrogen-bond donors (Lipinski definition) is 0. The van der Waals surface area contributed by atoms with Gasteiger partial charge in [-0.05, 0) is 37.9 Å². The SMILES string of the molecule is O=CN1CCN(C2CCN(CCc3ccccc3)CC2)CC1. The van der Waals surface area contributed by atoms with E-state index >= 15 is 0 Å². The normalized spacial score (nSPS) is 21.9. The van der Waals surface area contributed by atoms with Crippen molar-refractivity contribution in [3.63, 3.8) is 0 Å². The fraction of sp³-hybridized carbons (Fsp3) is 0.611. The van der Waals surface area contributed by atoms with Gasteiger partial charge in [-0.1, -0.05) is 30.3 Å². The molecule has 0 bridgehead atoms. The van der Waals surface area contributed by atoms with Crippen molar-refractivity contribution >= 4 is 6.41 Å². The molecule has 0 atom stereocenters. The molecule has 22 heavy (non-hydrogen) atoms. The van der Waals surface area contributed by atoms with Crippen LogP contribution in [0.25, 0.3) is 0 Å². The van der Waals surface area contributed by atoms with Gasteiger partial charge in [0.15, 0.2) is 0 Å². The smallest absolute Gasteiger partial charge is 0.209 e. The molecule has 2 heterocycles. The lowest BCUT2D eigenvalue weighted by atomic mass is 10.0. The number of hydrogen-bond acceptors (Lipinski definition) is 3. The third-order valence-corrected chi connectivity index (χ3v) is 5.13. The summed E-state index contributed by atoms with van der Waals surface area (Å²) < 4.78 is 0. The summed E-state index contributed by atoms with van der Waals surface area (Å²) in [6.45, 7) is 7.50. The molecule has 0 N–H and O–H groups in total. The number of piperidine rings is 1. The van der Waals surface area contributed by atoms with Crippen LogP contribution in [0, 0.1) is 0 Å². The van der Waals surface area contributed by atoms with Crippen LogP contribution in [-0.4, -0.2) is 73.0 Å². The van der Waals surface area contributed by atoms with Gasteiger partial charge < -0.3 is 9.80 Å². The fourth-order valence-corrected chi connectivity index (χ4v) is 3.65. The van der Waals surface area contributed by atoms with E-state index in [0.29, 0.717) is 0 Å². The zero-order chi connectivity index (χ0) is 15.2. The second-order valence-corrected chi connectivity index (χ2v) is 6.49. The highest BCUT2D eigenvalue weighted by molar-refractivity contribution is 5.47. The molecule has 0 saturated carbocycles. The predicted octanol–water partition coefficient (Wildman–Crippen LogP) is 1.47. The lowest BCUT2D eigenvalue weighted by Gasteiger charge is -2.42. The van der Waals surface area contributed by atoms with Gasteiger partial charge in [0.05, 0.1) is 0 Å². The van der Waals surface area contributed by atoms with E-state index in [2.05, 4.69) is 40.1 Å². The Bertz CT molecular complexity index is 449. The van der Waals surface area contributed by atoms with Crippen molar-refractivity contribution in [1.29, 1.82) is 0 Å². The molecule has 0 aliphatic carbocycles. The van der Waals surface area contributed by atoms with Crippen LogP contribution in [0.4, 0.5) is 0 Å². The average Bonchev–Trinajstić information content (AvgIpc) is 2.61. The highest BCUT2D eigenvalue weighted by Gasteiger charge is 2.26. The summed E-state index contributed by atoms with van der Waals surface area (Å²) in [5, 5.41) is 0. The van der Waals surface area contributed by atoms with Gasteiger partial charge in [0.1, 0.15) is 0 Å². The Morgan fingerprint density at radius 2 is 1.64 bits per heavy atom. The molecule has 2 fully saturated rings. The van der Waals surface area contributed by atoms with Crippen molar-refractivity contribution < 1.29 is 4.79 Å². The van der Waals surface area contributed by atoms with Crippen molar-refractivity contribution in [2.24, 2.45) is 0 Å². The molecule has 2 saturated heterocycles. The maximum atomic E-state index is 10.8. The quantitative estimate of drug-likeness (QED) is 0.771. The molecule has 3 rings (SSSR count). The molecule has 2 aliphatic rings. The molecule has 120 valence electrons. The molecule has 0 spiro atoms. The Kier molecular flexibility index (Phi) is 5.46. The van der Waals surface area contributed by atoms with Gasteiger partial charge in [0.2, 0.25) is 6.41 Å². The monoisotopic (exact) mass is 301 g/mol. The standard InChI is InChI=1S/C18H27N3O/c22-16-20-12-14-21(15-13-20)18-7-10-19(11-8-18)9-6-17-4-2-1-3-5-17/h1-5,16,18H,6-15H2. The number of benzene rings is 1. The van der Waals surface area contributed by atoms with E-state index in [0.717, 1.165) is 45.1 Å². The predicted molar refractivity (Wildman–Crippen MR) is 88.8 cm³/mol. The van der Waals surface area contributed by atoms with E-state index in [1.807, 2.05) is 4.90 Å². The zero-order valence-electron chi connectivity index (χ0n) is 13.4. The summed E-state index contributed by atoms with van der Waals surface area (Å²) in [6.07, 6.45) is 4.69. The molecule has 2 aliphatic heterocycles. The van der Waals surface area contributed by atoms with Gasteiger partial charge in [0.25, 0.3) is 0 Å². The van der Waals surface area contributed by atoms with Gasteiger partial charge >= 0.3 is 0 Å². The average molecular weight is 301 g/mol. The Morgan fingerprint density at radius 1 is 0.955 bits per heavy atom. The topological polar surface area (TPSA) is 26.8 Å². The summed E-state index contributed by atoms with van der Waals surface area (Å²) in [6, 6.07) is 11.5. The first-order chi connectivity index (χ1) is 10.8. The van der Waals surface area contributed by atoms with Crippen LogP contribution in [0.3, 0.4) is 0 Å². The highest BCUT2D eigenvalue weighted by atomic mass is 16.1. The summed E-state index contributed by atoms with van der Waals surface area (Å²) in [5.41, 5.74) is 1.44. The lowest BCUT2D eigenvalue weighted by Crippen LogP contribution is -2.53. The van der Waals surface area contributed by atoms with E-state index in [4.69, 9.17) is 0 Å². The number of carbonyl (C=O) groups excluding carboxylic acids is 1. The molecule has 0 aromatic heterocycles. The van der Waals surface area contributed by atoms with E-state index in [9.17, 15) is 4.79 Å². The Balaban J connectivity index is 1.38. The largest absolute Gasteiger partial charge is 0.343 e. The van der Waals surface area contributed by atoms with Crippen LogP contribution in [0.15, 0.2) is 30.3 Å². The molecule has 0 radical (unpaired) electrons. The molecular weight excluding hydrogens is 274 g/mol. The number of nitrogens with zero attached hydrogens (tertiary/aromatic N) is 3. The number of rotatable bonds is 5. The molecule has 1 aromatic carbocycles. The van der Waals surface area contributed by atoms with E-state index < -0.39 is 0 Å². The third kappa shape index (κ3) is 4.08. The van der Waals surface area contributed by atoms with Gasteiger partial charge in [-0.15, -0.1) is 0 Å². The van der Waals surface area contributed by atoms with E-state index in [1.54, 1.807) is 0 Å². The zero-order valence-corrected chi connectivity index (χ0v) is 13.4. The summed E-state index contributed by atoms with van der Waals surface area (Å²) >= 11 is 0. The molecule has 0 unspecified atom stereocenters. The molecule has 4 heteroatoms. The number of carbonyl (C=O) groups is 1. The Hall–Kier alpha value is -1.39. The Labute approximate surface area is 133 Å². The first-order valence-electron chi connectivity index (χ1n) is 8.55. The van der Waals surface area contributed by atoms with Crippen molar-refractivity contribution in [3.8, 4) is 0 Å². The van der Waals surface area contributed by atoms with E-state index in [-0.39, 0.29) is 0 Å². The van der Waals surface area contributed by atoms with Gasteiger partial charge in [-0.3, -0.25) is 9.69 Å². The van der Waals surface area contributed by atoms with Gasteiger partial charge in [0, 0.05) is 38.8 Å². The molecular formula is C18H27N3O. The number of piperazine rings is 1. The second kappa shape index (κ2) is 7.75. The van der Waals surface area contributed by atoms with Crippen molar-refractivity contribution in [3.05, 3.63) is 35.9 Å². The lowest BCUT2D eigenvalue weighted by molar-refractivity contribution is -0.120. The van der Waals surface area contributed by atoms with Crippen LogP contribution in [-0.2, 0) is 11.2 Å². The van der Waals surface area contributed by atoms with Crippen LogP contribution in [0.5, 0.6) is 0 Å². The van der Waals surface area contributed by atoms with Crippen molar-refractivity contribution in [2.75, 3.05) is 45.8 Å². The number of likely N-dealkylation sites (tertiary alicyclic amines) is 1. The van der Waals surface area contributed by atoms with Crippen LogP contribution in [0.2, 0.25) is 0 Å². The minimum Gasteiger partial charge on any atom is -0.343 e. The maximum absolute atomic E-state index is 10.8.